The number of aromatic nitrogens is 3. The summed E-state index contributed by atoms with van der Waals surface area (Å²) in [7, 11) is -2.99. The number of thioether (sulfide) groups is 1. The summed E-state index contributed by atoms with van der Waals surface area (Å²) < 4.78 is 23.2. The van der Waals surface area contributed by atoms with Crippen LogP contribution in [0, 0.1) is 0 Å². The van der Waals surface area contributed by atoms with Gasteiger partial charge in [0, 0.05) is 12.6 Å². The summed E-state index contributed by atoms with van der Waals surface area (Å²) in [6.45, 7) is 2.67. The number of hydrogen-bond donors (Lipinski definition) is 1. The van der Waals surface area contributed by atoms with Gasteiger partial charge in [0.15, 0.2) is 15.0 Å². The molecule has 0 spiro atoms. The van der Waals surface area contributed by atoms with E-state index in [9.17, 15) is 13.2 Å². The molecular formula is C12H20N4O3S2. The van der Waals surface area contributed by atoms with Crippen LogP contribution < -0.4 is 0 Å². The van der Waals surface area contributed by atoms with E-state index in [1.807, 2.05) is 0 Å². The van der Waals surface area contributed by atoms with Crippen LogP contribution >= 0.6 is 11.8 Å². The zero-order valence-electron chi connectivity index (χ0n) is 12.0. The molecule has 1 fully saturated rings. The Hall–Kier alpha value is -1.09. The molecule has 1 aromatic rings. The van der Waals surface area contributed by atoms with Gasteiger partial charge in [-0.05, 0) is 12.8 Å². The Morgan fingerprint density at radius 3 is 2.95 bits per heavy atom. The summed E-state index contributed by atoms with van der Waals surface area (Å²) >= 11 is 1.29. The van der Waals surface area contributed by atoms with Gasteiger partial charge in [0.2, 0.25) is 5.91 Å². The minimum Gasteiger partial charge on any atom is -0.338 e. The summed E-state index contributed by atoms with van der Waals surface area (Å²) in [6.07, 6.45) is 3.80. The molecule has 0 aliphatic carbocycles. The molecule has 2 rings (SSSR count). The molecule has 1 saturated heterocycles. The van der Waals surface area contributed by atoms with Crippen LogP contribution in [0.3, 0.4) is 0 Å². The fourth-order valence-corrected chi connectivity index (χ4v) is 4.73. The van der Waals surface area contributed by atoms with Gasteiger partial charge in [0.25, 0.3) is 0 Å². The third kappa shape index (κ3) is 4.70. The predicted molar refractivity (Wildman–Crippen MR) is 80.8 cm³/mol. The second-order valence-electron chi connectivity index (χ2n) is 5.08. The van der Waals surface area contributed by atoms with Crippen molar-refractivity contribution in [1.82, 2.24) is 20.1 Å². The highest BCUT2D eigenvalue weighted by molar-refractivity contribution is 7.99. The molecule has 0 bridgehead atoms. The molecule has 1 N–H and O–H groups in total. The average Bonchev–Trinajstić information content (AvgIpc) is 3.06. The number of carbonyl (C=O) groups is 1. The molecule has 1 atom stereocenters. The van der Waals surface area contributed by atoms with E-state index < -0.39 is 9.84 Å². The number of H-pyrrole nitrogens is 1. The lowest BCUT2D eigenvalue weighted by Crippen LogP contribution is -2.42. The minimum atomic E-state index is -2.99. The molecule has 0 radical (unpaired) electrons. The zero-order valence-corrected chi connectivity index (χ0v) is 13.6. The Kier molecular flexibility index (Phi) is 5.63. The van der Waals surface area contributed by atoms with E-state index >= 15 is 0 Å². The van der Waals surface area contributed by atoms with Crippen LogP contribution in [0.2, 0.25) is 0 Å². The second kappa shape index (κ2) is 7.26. The highest BCUT2D eigenvalue weighted by Gasteiger charge is 2.34. The summed E-state index contributed by atoms with van der Waals surface area (Å²) in [5, 5.41) is 7.02. The van der Waals surface area contributed by atoms with Gasteiger partial charge in [-0.2, -0.15) is 5.10 Å². The summed E-state index contributed by atoms with van der Waals surface area (Å²) in [5.41, 5.74) is 0. The van der Waals surface area contributed by atoms with Crippen LogP contribution in [-0.4, -0.2) is 64.3 Å². The van der Waals surface area contributed by atoms with Gasteiger partial charge in [-0.3, -0.25) is 9.89 Å². The third-order valence-corrected chi connectivity index (χ3v) is 6.06. The molecule has 0 aromatic carbocycles. The lowest BCUT2D eigenvalue weighted by molar-refractivity contribution is -0.130. The fraction of sp³-hybridized carbons (Fsp3) is 0.750. The van der Waals surface area contributed by atoms with Crippen LogP contribution in [0.5, 0.6) is 0 Å². The first-order valence-corrected chi connectivity index (χ1v) is 9.80. The van der Waals surface area contributed by atoms with Gasteiger partial charge >= 0.3 is 0 Å². The van der Waals surface area contributed by atoms with E-state index in [-0.39, 0.29) is 29.2 Å². The van der Waals surface area contributed by atoms with Gasteiger partial charge in [0.1, 0.15) is 6.33 Å². The predicted octanol–water partition coefficient (Wildman–Crippen LogP) is 0.713. The first-order chi connectivity index (χ1) is 10.0. The molecule has 1 amide bonds. The summed E-state index contributed by atoms with van der Waals surface area (Å²) in [4.78, 5) is 18.1. The molecule has 1 aliphatic rings. The Morgan fingerprint density at radius 2 is 2.38 bits per heavy atom. The molecule has 9 heteroatoms. The van der Waals surface area contributed by atoms with E-state index in [1.54, 1.807) is 4.90 Å². The highest BCUT2D eigenvalue weighted by atomic mass is 32.2. The largest absolute Gasteiger partial charge is 0.338 e. The second-order valence-corrected chi connectivity index (χ2v) is 8.27. The van der Waals surface area contributed by atoms with Crippen molar-refractivity contribution < 1.29 is 13.2 Å². The van der Waals surface area contributed by atoms with Crippen molar-refractivity contribution in [3.8, 4) is 0 Å². The van der Waals surface area contributed by atoms with Crippen molar-refractivity contribution >= 4 is 27.5 Å². The molecule has 0 saturated carbocycles. The maximum absolute atomic E-state index is 12.4. The number of sulfone groups is 1. The number of rotatable bonds is 7. The van der Waals surface area contributed by atoms with E-state index in [2.05, 4.69) is 22.1 Å². The van der Waals surface area contributed by atoms with Crippen molar-refractivity contribution in [3.63, 3.8) is 0 Å². The van der Waals surface area contributed by atoms with Gasteiger partial charge in [-0.1, -0.05) is 25.1 Å². The molecule has 21 heavy (non-hydrogen) atoms. The van der Waals surface area contributed by atoms with Crippen LogP contribution in [0.15, 0.2) is 11.5 Å². The van der Waals surface area contributed by atoms with Gasteiger partial charge in [-0.25, -0.2) is 13.4 Å². The minimum absolute atomic E-state index is 0.0352. The number of carbonyl (C=O) groups excluding carboxylic acids is 1. The van der Waals surface area contributed by atoms with Gasteiger partial charge < -0.3 is 4.90 Å². The molecule has 7 nitrogen and oxygen atoms in total. The maximum atomic E-state index is 12.4. The first kappa shape index (κ1) is 16.3. The van der Waals surface area contributed by atoms with Crippen molar-refractivity contribution in [3.05, 3.63) is 6.33 Å². The SMILES string of the molecule is CCCCN(C(=O)CSc1ncn[nH]1)[C@@H]1CCS(=O)(=O)C1. The van der Waals surface area contributed by atoms with E-state index in [0.29, 0.717) is 18.1 Å². The molecule has 1 aromatic heterocycles. The molecule has 118 valence electrons. The first-order valence-electron chi connectivity index (χ1n) is 7.00. The monoisotopic (exact) mass is 332 g/mol. The number of unbranched alkanes of at least 4 members (excludes halogenated alkanes) is 1. The number of aromatic amines is 1. The lowest BCUT2D eigenvalue weighted by Gasteiger charge is -2.28. The Morgan fingerprint density at radius 1 is 1.57 bits per heavy atom. The summed E-state index contributed by atoms with van der Waals surface area (Å²) in [5.74, 6) is 0.486. The quantitative estimate of drug-likeness (QED) is 0.739. The van der Waals surface area contributed by atoms with Crippen LogP contribution in [0.4, 0.5) is 0 Å². The lowest BCUT2D eigenvalue weighted by atomic mass is 10.2. The Labute approximate surface area is 128 Å². The van der Waals surface area contributed by atoms with Crippen LogP contribution in [-0.2, 0) is 14.6 Å². The third-order valence-electron chi connectivity index (χ3n) is 3.45. The molecule has 1 aliphatic heterocycles. The molecular weight excluding hydrogens is 312 g/mol. The van der Waals surface area contributed by atoms with E-state index in [0.717, 1.165) is 12.8 Å². The zero-order chi connectivity index (χ0) is 15.3. The van der Waals surface area contributed by atoms with Gasteiger partial charge in [0.05, 0.1) is 17.3 Å². The smallest absolute Gasteiger partial charge is 0.233 e. The van der Waals surface area contributed by atoms with Gasteiger partial charge in [-0.15, -0.1) is 0 Å². The Balaban J connectivity index is 1.96. The number of nitrogens with zero attached hydrogens (tertiary/aromatic N) is 3. The topological polar surface area (TPSA) is 96.0 Å². The molecule has 0 unspecified atom stereocenters. The normalized spacial score (nSPS) is 20.5. The molecule has 2 heterocycles. The van der Waals surface area contributed by atoms with Crippen molar-refractivity contribution in [2.75, 3.05) is 23.8 Å². The number of nitrogens with one attached hydrogen (secondary N) is 1. The van der Waals surface area contributed by atoms with E-state index in [1.165, 1.54) is 18.1 Å². The van der Waals surface area contributed by atoms with Crippen LogP contribution in [0.1, 0.15) is 26.2 Å². The highest BCUT2D eigenvalue weighted by Crippen LogP contribution is 2.20. The fourth-order valence-electron chi connectivity index (χ4n) is 2.34. The number of amides is 1. The number of hydrogen-bond acceptors (Lipinski definition) is 6. The average molecular weight is 332 g/mol. The van der Waals surface area contributed by atoms with Crippen molar-refractivity contribution in [1.29, 1.82) is 0 Å². The van der Waals surface area contributed by atoms with Crippen LogP contribution in [0.25, 0.3) is 0 Å². The maximum Gasteiger partial charge on any atom is 0.233 e. The summed E-state index contributed by atoms with van der Waals surface area (Å²) in [6, 6.07) is -0.177. The Bertz CT molecular complexity index is 559. The van der Waals surface area contributed by atoms with Crippen molar-refractivity contribution in [2.45, 2.75) is 37.4 Å². The van der Waals surface area contributed by atoms with E-state index in [4.69, 9.17) is 0 Å². The van der Waals surface area contributed by atoms with Crippen molar-refractivity contribution in [2.24, 2.45) is 0 Å². The standard InChI is InChI=1S/C12H20N4O3S2/c1-2-3-5-16(10-4-6-21(18,19)8-10)11(17)7-20-12-13-9-14-15-12/h9-10H,2-8H2,1H3,(H,13,14,15)/t10-/m1/s1.